The number of hydrogen-bond acceptors (Lipinski definition) is 3. The summed E-state index contributed by atoms with van der Waals surface area (Å²) in [5.41, 5.74) is 0. The molecule has 1 aliphatic heterocycles. The van der Waals surface area contributed by atoms with Crippen LogP contribution in [0, 0.1) is 0 Å². The predicted octanol–water partition coefficient (Wildman–Crippen LogP) is 1.34. The summed E-state index contributed by atoms with van der Waals surface area (Å²) in [6, 6.07) is 0. The summed E-state index contributed by atoms with van der Waals surface area (Å²) >= 11 is 0. The molecule has 0 spiro atoms. The van der Waals surface area contributed by atoms with Gasteiger partial charge in [0.05, 0.1) is 0 Å². The van der Waals surface area contributed by atoms with E-state index in [4.69, 9.17) is 4.21 Å². The summed E-state index contributed by atoms with van der Waals surface area (Å²) in [7, 11) is 7.36. The zero-order chi connectivity index (χ0) is 10.1. The van der Waals surface area contributed by atoms with Crippen molar-refractivity contribution in [3.8, 4) is 0 Å². The molecule has 0 aromatic carbocycles. The molecule has 1 fully saturated rings. The number of nitrogens with zero attached hydrogens (tertiary/aromatic N) is 1. The Morgan fingerprint density at radius 3 is 2.23 bits per heavy atom. The summed E-state index contributed by atoms with van der Waals surface area (Å²) < 4.78 is 9.09. The van der Waals surface area contributed by atoms with E-state index in [-0.39, 0.29) is 0 Å². The van der Waals surface area contributed by atoms with Crippen molar-refractivity contribution >= 4 is 30.6 Å². The van der Waals surface area contributed by atoms with E-state index in [1.165, 1.54) is 39.1 Å². The monoisotopic (exact) mass is 246 g/mol. The van der Waals surface area contributed by atoms with E-state index in [1.54, 1.807) is 0 Å². The molecule has 1 rings (SSSR count). The molecule has 1 saturated heterocycles. The predicted molar refractivity (Wildman–Crippen MR) is 59.4 cm³/mol. The van der Waals surface area contributed by atoms with Crippen molar-refractivity contribution < 1.29 is 4.21 Å². The van der Waals surface area contributed by atoms with E-state index in [0.29, 0.717) is 0 Å². The highest BCUT2D eigenvalue weighted by atomic mass is 36.0. The molecule has 0 aliphatic carbocycles. The second-order valence-corrected chi connectivity index (χ2v) is 5.30. The van der Waals surface area contributed by atoms with Crippen molar-refractivity contribution in [2.75, 3.05) is 32.7 Å². The summed E-state index contributed by atoms with van der Waals surface area (Å²) in [4.78, 5) is 2.51. The van der Waals surface area contributed by atoms with Gasteiger partial charge in [0, 0.05) is 47.5 Å². The summed E-state index contributed by atoms with van der Waals surface area (Å²) in [5, 5.41) is 3.33. The molecule has 3 nitrogen and oxygen atoms in total. The van der Waals surface area contributed by atoms with Gasteiger partial charge < -0.3 is 10.2 Å². The van der Waals surface area contributed by atoms with Crippen LogP contribution in [0.25, 0.3) is 0 Å². The first-order valence-corrected chi connectivity index (χ1v) is 7.14. The van der Waals surface area contributed by atoms with E-state index < -0.39 is 9.23 Å². The van der Waals surface area contributed by atoms with Gasteiger partial charge in [-0.2, -0.15) is 0 Å². The Kier molecular flexibility index (Phi) is 9.68. The van der Waals surface area contributed by atoms with Gasteiger partial charge in [-0.15, -0.1) is 0 Å². The lowest BCUT2D eigenvalue weighted by Crippen LogP contribution is -2.43. The normalized spacial score (nSPS) is 18.2. The standard InChI is InChI=1S/C7H16N2.Cl2OS/c1-2-5-9-6-3-8-4-7-9;1-4(2)3/h8H,2-7H2,1H3;. The average Bonchev–Trinajstić information content (AvgIpc) is 2.06. The van der Waals surface area contributed by atoms with Crippen molar-refractivity contribution in [2.45, 2.75) is 13.3 Å². The van der Waals surface area contributed by atoms with Gasteiger partial charge in [-0.05, 0) is 13.0 Å². The van der Waals surface area contributed by atoms with Gasteiger partial charge in [0.15, 0.2) is 0 Å². The molecule has 0 atom stereocenters. The topological polar surface area (TPSA) is 32.3 Å². The molecule has 0 aromatic rings. The maximum absolute atomic E-state index is 9.09. The first-order chi connectivity index (χ1) is 6.16. The lowest BCUT2D eigenvalue weighted by atomic mass is 10.3. The molecule has 0 aromatic heterocycles. The van der Waals surface area contributed by atoms with Gasteiger partial charge in [0.2, 0.25) is 9.23 Å². The van der Waals surface area contributed by atoms with Crippen LogP contribution in [-0.2, 0) is 9.23 Å². The second-order valence-electron chi connectivity index (χ2n) is 2.78. The minimum absolute atomic E-state index is 1.18. The van der Waals surface area contributed by atoms with Crippen LogP contribution in [0.1, 0.15) is 13.3 Å². The molecular formula is C7H16Cl2N2OS. The molecular weight excluding hydrogens is 231 g/mol. The Balaban J connectivity index is 0.000000310. The molecule has 0 saturated carbocycles. The summed E-state index contributed by atoms with van der Waals surface area (Å²) in [6.45, 7) is 8.37. The number of rotatable bonds is 2. The largest absolute Gasteiger partial charge is 0.314 e. The number of piperazine rings is 1. The third kappa shape index (κ3) is 10.6. The Bertz CT molecular complexity index is 136. The van der Waals surface area contributed by atoms with Crippen LogP contribution in [0.15, 0.2) is 0 Å². The molecule has 1 heterocycles. The first kappa shape index (κ1) is 13.7. The van der Waals surface area contributed by atoms with E-state index in [0.717, 1.165) is 0 Å². The van der Waals surface area contributed by atoms with Crippen LogP contribution in [0.3, 0.4) is 0 Å². The number of halogens is 2. The highest BCUT2D eigenvalue weighted by Gasteiger charge is 2.06. The molecule has 0 radical (unpaired) electrons. The molecule has 0 amide bonds. The van der Waals surface area contributed by atoms with E-state index in [2.05, 4.69) is 38.5 Å². The van der Waals surface area contributed by atoms with Crippen LogP contribution in [0.4, 0.5) is 0 Å². The van der Waals surface area contributed by atoms with Crippen molar-refractivity contribution in [1.82, 2.24) is 10.2 Å². The Labute approximate surface area is 91.2 Å². The highest BCUT2D eigenvalue weighted by Crippen LogP contribution is 1.92. The molecule has 13 heavy (non-hydrogen) atoms. The molecule has 1 N–H and O–H groups in total. The van der Waals surface area contributed by atoms with Crippen molar-refractivity contribution in [3.05, 3.63) is 0 Å². The van der Waals surface area contributed by atoms with Gasteiger partial charge in [-0.3, -0.25) is 0 Å². The van der Waals surface area contributed by atoms with Gasteiger partial charge in [0.25, 0.3) is 0 Å². The maximum Gasteiger partial charge on any atom is 0.211 e. The molecule has 0 unspecified atom stereocenters. The quantitative estimate of drug-likeness (QED) is 0.747. The van der Waals surface area contributed by atoms with Crippen LogP contribution in [-0.4, -0.2) is 41.8 Å². The van der Waals surface area contributed by atoms with Crippen LogP contribution in [0.2, 0.25) is 0 Å². The fraction of sp³-hybridized carbons (Fsp3) is 1.00. The first-order valence-electron chi connectivity index (χ1n) is 4.34. The maximum atomic E-state index is 9.09. The second kappa shape index (κ2) is 9.21. The smallest absolute Gasteiger partial charge is 0.211 e. The molecule has 1 aliphatic rings. The van der Waals surface area contributed by atoms with Gasteiger partial charge in [-0.1, -0.05) is 6.92 Å². The minimum Gasteiger partial charge on any atom is -0.314 e. The lowest BCUT2D eigenvalue weighted by Gasteiger charge is -2.26. The van der Waals surface area contributed by atoms with E-state index in [1.807, 2.05) is 0 Å². The van der Waals surface area contributed by atoms with Crippen LogP contribution < -0.4 is 5.32 Å². The fourth-order valence-corrected chi connectivity index (χ4v) is 1.25. The zero-order valence-corrected chi connectivity index (χ0v) is 10.1. The zero-order valence-electron chi connectivity index (χ0n) is 7.76. The van der Waals surface area contributed by atoms with Gasteiger partial charge in [0.1, 0.15) is 0 Å². The molecule has 6 heteroatoms. The summed E-state index contributed by atoms with van der Waals surface area (Å²) in [6.07, 6.45) is 1.29. The third-order valence-corrected chi connectivity index (χ3v) is 1.75. The van der Waals surface area contributed by atoms with E-state index >= 15 is 0 Å². The highest BCUT2D eigenvalue weighted by molar-refractivity contribution is 8.26. The SMILES string of the molecule is CCCN1CCNCC1.O=S(Cl)Cl. The van der Waals surface area contributed by atoms with Gasteiger partial charge in [-0.25, -0.2) is 4.21 Å². The van der Waals surface area contributed by atoms with Crippen molar-refractivity contribution in [3.63, 3.8) is 0 Å². The van der Waals surface area contributed by atoms with Crippen molar-refractivity contribution in [2.24, 2.45) is 0 Å². The fourth-order valence-electron chi connectivity index (χ4n) is 1.25. The van der Waals surface area contributed by atoms with Gasteiger partial charge >= 0.3 is 0 Å². The summed E-state index contributed by atoms with van der Waals surface area (Å²) in [5.74, 6) is 0. The van der Waals surface area contributed by atoms with Crippen LogP contribution >= 0.6 is 21.4 Å². The molecule has 0 bridgehead atoms. The molecule has 80 valence electrons. The minimum atomic E-state index is -1.67. The number of hydrogen-bond donors (Lipinski definition) is 1. The lowest BCUT2D eigenvalue weighted by molar-refractivity contribution is 0.241. The van der Waals surface area contributed by atoms with E-state index in [9.17, 15) is 0 Å². The number of nitrogens with one attached hydrogen (secondary N) is 1. The Morgan fingerprint density at radius 1 is 1.38 bits per heavy atom. The van der Waals surface area contributed by atoms with Crippen LogP contribution in [0.5, 0.6) is 0 Å². The Hall–Kier alpha value is 0.650. The Morgan fingerprint density at radius 2 is 1.85 bits per heavy atom. The average molecular weight is 247 g/mol. The third-order valence-electron chi connectivity index (χ3n) is 1.75. The van der Waals surface area contributed by atoms with Crippen molar-refractivity contribution in [1.29, 1.82) is 0 Å².